The van der Waals surface area contributed by atoms with Crippen LogP contribution >= 0.6 is 0 Å². The van der Waals surface area contributed by atoms with Gasteiger partial charge in [0.1, 0.15) is 5.82 Å². The lowest BCUT2D eigenvalue weighted by Crippen LogP contribution is -2.30. The van der Waals surface area contributed by atoms with E-state index in [9.17, 15) is 4.79 Å². The number of hydrogen-bond donors (Lipinski definition) is 1. The first-order chi connectivity index (χ1) is 11.2. The number of amides is 1. The third-order valence-electron chi connectivity index (χ3n) is 3.72. The van der Waals surface area contributed by atoms with Gasteiger partial charge in [-0.1, -0.05) is 32.4 Å². The minimum absolute atomic E-state index is 0.172. The quantitative estimate of drug-likeness (QED) is 0.734. The topological polar surface area (TPSA) is 72.7 Å². The highest BCUT2D eigenvalue weighted by atomic mass is 16.2. The predicted molar refractivity (Wildman–Crippen MR) is 90.5 cm³/mol. The number of unbranched alkanes of at least 4 members (excludes halogenated alkanes) is 1. The summed E-state index contributed by atoms with van der Waals surface area (Å²) in [7, 11) is 0. The second-order valence-electron chi connectivity index (χ2n) is 5.56. The summed E-state index contributed by atoms with van der Waals surface area (Å²) >= 11 is 0. The zero-order valence-corrected chi connectivity index (χ0v) is 13.5. The highest BCUT2D eigenvalue weighted by molar-refractivity contribution is 5.90. The van der Waals surface area contributed by atoms with Crippen molar-refractivity contribution in [2.45, 2.75) is 39.5 Å². The number of rotatable bonds is 5. The summed E-state index contributed by atoms with van der Waals surface area (Å²) in [5, 5.41) is 2.94. The van der Waals surface area contributed by atoms with Crippen LogP contribution in [0.2, 0.25) is 0 Å². The number of carbonyl (C=O) groups excluding carboxylic acids is 1. The van der Waals surface area contributed by atoms with Gasteiger partial charge < -0.3 is 5.32 Å². The first-order valence-corrected chi connectivity index (χ1v) is 8.17. The number of aryl methyl sites for hydroxylation is 1. The van der Waals surface area contributed by atoms with Gasteiger partial charge in [-0.2, -0.15) is 0 Å². The van der Waals surface area contributed by atoms with Gasteiger partial charge in [0.15, 0.2) is 11.3 Å². The molecule has 0 aliphatic heterocycles. The molecule has 0 spiro atoms. The minimum Gasteiger partial charge on any atom is -0.337 e. The average molecular weight is 311 g/mol. The van der Waals surface area contributed by atoms with E-state index in [-0.39, 0.29) is 6.03 Å². The molecule has 0 atom stereocenters. The molecule has 6 heteroatoms. The van der Waals surface area contributed by atoms with E-state index < -0.39 is 0 Å². The summed E-state index contributed by atoms with van der Waals surface area (Å²) < 4.78 is 1.58. The lowest BCUT2D eigenvalue weighted by Gasteiger charge is -2.08. The fourth-order valence-corrected chi connectivity index (χ4v) is 2.56. The van der Waals surface area contributed by atoms with Crippen molar-refractivity contribution in [2.24, 2.45) is 0 Å². The Hall–Kier alpha value is -2.50. The third kappa shape index (κ3) is 3.02. The molecule has 1 amide bonds. The molecule has 2 aromatic heterocycles. The molecule has 23 heavy (non-hydrogen) atoms. The Morgan fingerprint density at radius 1 is 1.09 bits per heavy atom. The maximum Gasteiger partial charge on any atom is 0.328 e. The van der Waals surface area contributed by atoms with Crippen LogP contribution < -0.4 is 5.32 Å². The summed E-state index contributed by atoms with van der Waals surface area (Å²) in [6, 6.07) is 7.46. The standard InChI is InChI=1S/C17H21N5O/c1-3-5-11-18-17(23)22-14(8-4-2)21-15-16(22)20-13-10-7-6-9-12(13)19-15/h6-7,9-10H,3-5,8,11H2,1-2H3,(H,18,23). The SMILES string of the molecule is CCCCNC(=O)n1c(CCC)nc2nc3ccccc3nc21. The third-order valence-corrected chi connectivity index (χ3v) is 3.72. The summed E-state index contributed by atoms with van der Waals surface area (Å²) in [6.45, 7) is 4.82. The molecule has 0 fully saturated rings. The zero-order chi connectivity index (χ0) is 16.2. The van der Waals surface area contributed by atoms with Gasteiger partial charge in [0, 0.05) is 13.0 Å². The van der Waals surface area contributed by atoms with Crippen molar-refractivity contribution in [1.82, 2.24) is 24.8 Å². The van der Waals surface area contributed by atoms with Gasteiger partial charge >= 0.3 is 6.03 Å². The fraction of sp³-hybridized carbons (Fsp3) is 0.412. The molecule has 0 aliphatic rings. The minimum atomic E-state index is -0.172. The molecule has 1 N–H and O–H groups in total. The van der Waals surface area contributed by atoms with Gasteiger partial charge in [-0.25, -0.2) is 24.3 Å². The Labute approximate surface area is 135 Å². The molecule has 0 aliphatic carbocycles. The highest BCUT2D eigenvalue weighted by Gasteiger charge is 2.18. The van der Waals surface area contributed by atoms with E-state index in [1.807, 2.05) is 24.3 Å². The van der Waals surface area contributed by atoms with Gasteiger partial charge in [-0.3, -0.25) is 0 Å². The van der Waals surface area contributed by atoms with Crippen LogP contribution in [0.1, 0.15) is 38.9 Å². The van der Waals surface area contributed by atoms with Gasteiger partial charge in [0.05, 0.1) is 11.0 Å². The maximum atomic E-state index is 12.6. The second-order valence-corrected chi connectivity index (χ2v) is 5.56. The Morgan fingerprint density at radius 2 is 1.83 bits per heavy atom. The van der Waals surface area contributed by atoms with Crippen molar-refractivity contribution >= 4 is 28.4 Å². The van der Waals surface area contributed by atoms with Crippen molar-refractivity contribution in [2.75, 3.05) is 6.54 Å². The number of carbonyl (C=O) groups is 1. The number of fused-ring (bicyclic) bond motifs is 2. The molecule has 3 rings (SSSR count). The van der Waals surface area contributed by atoms with Crippen LogP contribution in [0.5, 0.6) is 0 Å². The highest BCUT2D eigenvalue weighted by Crippen LogP contribution is 2.18. The van der Waals surface area contributed by atoms with Crippen molar-refractivity contribution in [3.8, 4) is 0 Å². The second kappa shape index (κ2) is 6.73. The lowest BCUT2D eigenvalue weighted by molar-refractivity contribution is 0.242. The van der Waals surface area contributed by atoms with E-state index in [2.05, 4.69) is 34.1 Å². The fourth-order valence-electron chi connectivity index (χ4n) is 2.56. The predicted octanol–water partition coefficient (Wildman–Crippen LogP) is 3.29. The van der Waals surface area contributed by atoms with Crippen molar-refractivity contribution < 1.29 is 4.79 Å². The van der Waals surface area contributed by atoms with Crippen LogP contribution in [0, 0.1) is 0 Å². The van der Waals surface area contributed by atoms with E-state index >= 15 is 0 Å². The normalized spacial score (nSPS) is 11.2. The summed E-state index contributed by atoms with van der Waals surface area (Å²) in [4.78, 5) is 26.3. The molecule has 0 unspecified atom stereocenters. The summed E-state index contributed by atoms with van der Waals surface area (Å²) in [6.07, 6.45) is 3.62. The number of nitrogens with one attached hydrogen (secondary N) is 1. The number of benzene rings is 1. The average Bonchev–Trinajstić information content (AvgIpc) is 2.90. The molecule has 6 nitrogen and oxygen atoms in total. The maximum absolute atomic E-state index is 12.6. The summed E-state index contributed by atoms with van der Waals surface area (Å²) in [5.74, 6) is 0.715. The van der Waals surface area contributed by atoms with Gasteiger partial charge in [-0.05, 0) is 25.0 Å². The van der Waals surface area contributed by atoms with Crippen LogP contribution in [0.3, 0.4) is 0 Å². The van der Waals surface area contributed by atoms with Crippen LogP contribution in [0.25, 0.3) is 22.3 Å². The Morgan fingerprint density at radius 3 is 2.52 bits per heavy atom. The molecule has 1 aromatic carbocycles. The number of imidazole rings is 1. The number of aromatic nitrogens is 4. The smallest absolute Gasteiger partial charge is 0.328 e. The van der Waals surface area contributed by atoms with E-state index in [0.29, 0.717) is 23.7 Å². The molecule has 0 saturated carbocycles. The van der Waals surface area contributed by atoms with Gasteiger partial charge in [-0.15, -0.1) is 0 Å². The molecule has 0 radical (unpaired) electrons. The molecular formula is C17H21N5O. The van der Waals surface area contributed by atoms with Crippen molar-refractivity contribution in [3.05, 3.63) is 30.1 Å². The zero-order valence-electron chi connectivity index (χ0n) is 13.5. The Kier molecular flexibility index (Phi) is 4.50. The lowest BCUT2D eigenvalue weighted by atomic mass is 10.3. The van der Waals surface area contributed by atoms with E-state index in [4.69, 9.17) is 0 Å². The molecule has 2 heterocycles. The van der Waals surface area contributed by atoms with Crippen LogP contribution in [-0.2, 0) is 6.42 Å². The number of hydrogen-bond acceptors (Lipinski definition) is 4. The molecular weight excluding hydrogens is 290 g/mol. The van der Waals surface area contributed by atoms with Crippen LogP contribution in [0.15, 0.2) is 24.3 Å². The van der Waals surface area contributed by atoms with Crippen LogP contribution in [-0.4, -0.2) is 32.1 Å². The molecule has 0 bridgehead atoms. The number of nitrogens with zero attached hydrogens (tertiary/aromatic N) is 4. The van der Waals surface area contributed by atoms with Gasteiger partial charge in [0.25, 0.3) is 0 Å². The Bertz CT molecular complexity index is 839. The van der Waals surface area contributed by atoms with Crippen molar-refractivity contribution in [1.29, 1.82) is 0 Å². The molecule has 0 saturated heterocycles. The van der Waals surface area contributed by atoms with Crippen molar-refractivity contribution in [3.63, 3.8) is 0 Å². The van der Waals surface area contributed by atoms with Gasteiger partial charge in [0.2, 0.25) is 0 Å². The first-order valence-electron chi connectivity index (χ1n) is 8.17. The number of para-hydroxylation sites is 2. The van der Waals surface area contributed by atoms with E-state index in [1.165, 1.54) is 0 Å². The van der Waals surface area contributed by atoms with Crippen LogP contribution in [0.4, 0.5) is 4.79 Å². The monoisotopic (exact) mass is 311 g/mol. The van der Waals surface area contributed by atoms with E-state index in [1.54, 1.807) is 4.57 Å². The summed E-state index contributed by atoms with van der Waals surface area (Å²) in [5.41, 5.74) is 2.61. The largest absolute Gasteiger partial charge is 0.337 e. The molecule has 120 valence electrons. The molecule has 3 aromatic rings. The first kappa shape index (κ1) is 15.4. The van der Waals surface area contributed by atoms with E-state index in [0.717, 1.165) is 36.7 Å². The Balaban J connectivity index is 2.10.